The quantitative estimate of drug-likeness (QED) is 0.136. The van der Waals surface area contributed by atoms with Crippen LogP contribution in [0.4, 0.5) is 0 Å². The molecule has 14 nitrogen and oxygen atoms in total. The molecule has 0 bridgehead atoms. The highest BCUT2D eigenvalue weighted by molar-refractivity contribution is 7.11. The van der Waals surface area contributed by atoms with E-state index >= 15 is 0 Å². The molecule has 3 unspecified atom stereocenters. The predicted molar refractivity (Wildman–Crippen MR) is 226 cm³/mol. The molecule has 5 aliphatic rings. The lowest BCUT2D eigenvalue weighted by atomic mass is 9.94. The van der Waals surface area contributed by atoms with Gasteiger partial charge >= 0.3 is 0 Å². The lowest BCUT2D eigenvalue weighted by molar-refractivity contribution is -0.0613. The number of rotatable bonds is 6. The maximum atomic E-state index is 10.1. The molecule has 9 rings (SSSR count). The Bertz CT molecular complexity index is 2240. The van der Waals surface area contributed by atoms with Gasteiger partial charge in [0.2, 0.25) is 0 Å². The van der Waals surface area contributed by atoms with Gasteiger partial charge in [0.05, 0.1) is 30.4 Å². The molecule has 9 N–H and O–H groups in total. The first-order valence-corrected chi connectivity index (χ1v) is 20.5. The number of benzene rings is 3. The average Bonchev–Trinajstić information content (AvgIpc) is 4.00. The fourth-order valence-electron chi connectivity index (χ4n) is 8.06. The Kier molecular flexibility index (Phi) is 13.4. The molecule has 0 amide bonds. The first kappa shape index (κ1) is 43.8. The number of aryl methyl sites for hydroxylation is 2. The molecule has 0 saturated carbocycles. The molecule has 3 aromatic carbocycles. The van der Waals surface area contributed by atoms with Gasteiger partial charge in [0.25, 0.3) is 0 Å². The molecule has 320 valence electrons. The number of hydrogen-bond acceptors (Lipinski definition) is 15. The Morgan fingerprint density at radius 2 is 1.13 bits per heavy atom. The smallest absolute Gasteiger partial charge is 0.163 e. The monoisotopic (exact) mass is 844 g/mol. The van der Waals surface area contributed by atoms with Crippen molar-refractivity contribution in [3.63, 3.8) is 0 Å². The Morgan fingerprint density at radius 1 is 0.600 bits per heavy atom. The van der Waals surface area contributed by atoms with Crippen molar-refractivity contribution in [3.05, 3.63) is 130 Å². The molecule has 0 spiro atoms. The summed E-state index contributed by atoms with van der Waals surface area (Å²) in [5.41, 5.74) is 7.53. The number of fused-ring (bicyclic) bond motifs is 3. The number of ether oxygens (including phenoxy) is 3. The predicted octanol–water partition coefficient (Wildman–Crippen LogP) is 2.44. The Labute approximate surface area is 351 Å². The minimum atomic E-state index is -1.11. The van der Waals surface area contributed by atoms with Crippen molar-refractivity contribution in [2.75, 3.05) is 19.8 Å². The van der Waals surface area contributed by atoms with Crippen LogP contribution in [0.1, 0.15) is 44.4 Å². The minimum absolute atomic E-state index is 0.304. The standard InChI is InChI=1S/C16H19NO4.C16H18O4.C13H15NO4S/c1-9-3-4-12-10(2)17(6-5-11(12)7-9)16-15(20)14(19)13(8-18)21-16;1-9-6-10-4-2-3-5-11(10)7-12(9)16-15(19)14(18)13(8-17)20-16;1-7-12-8(3-5-19-12)2-4-14(7)13-11(17)10(16)9(6-15)18-13/h3-7,13-16,18-20H,2,8H2,1H3;2-7,13-19H,8H2,1H3;2-5,9-11,13,15-17H,1,6H2/t13-,14?,15+,16-;13-,14?,15+,16+;9-,10?,11+,13-/m111/s1. The Hall–Kier alpha value is -4.30. The minimum Gasteiger partial charge on any atom is -0.394 e. The molecule has 4 aromatic rings. The van der Waals surface area contributed by atoms with Crippen molar-refractivity contribution in [1.29, 1.82) is 0 Å². The SMILES string of the molecule is C=C1c2ccc(C)cc2C=CN1[C@@H]1O[C@H](CO)C(O)[C@@H]1O.C=C1c2sccc2C=CN1[C@@H]1O[C@H](CO)C(O)[C@@H]1O.Cc1cc2ccccc2cc1[C@@H]1O[C@H](CO)C(O)[C@@H]1O. The van der Waals surface area contributed by atoms with Gasteiger partial charge in [-0.15, -0.1) is 11.3 Å². The van der Waals surface area contributed by atoms with Gasteiger partial charge in [-0.05, 0) is 76.5 Å². The van der Waals surface area contributed by atoms with Crippen molar-refractivity contribution in [2.24, 2.45) is 0 Å². The summed E-state index contributed by atoms with van der Waals surface area (Å²) >= 11 is 1.56. The zero-order chi connectivity index (χ0) is 43.0. The van der Waals surface area contributed by atoms with Gasteiger partial charge in [-0.3, -0.25) is 0 Å². The molecular formula is C45H52N2O12S. The molecular weight excluding hydrogens is 793 g/mol. The largest absolute Gasteiger partial charge is 0.394 e. The molecule has 0 radical (unpaired) electrons. The number of aliphatic hydroxyl groups is 9. The van der Waals surface area contributed by atoms with Crippen LogP contribution < -0.4 is 0 Å². The van der Waals surface area contributed by atoms with Crippen molar-refractivity contribution < 1.29 is 60.2 Å². The highest BCUT2D eigenvalue weighted by Gasteiger charge is 2.47. The van der Waals surface area contributed by atoms with Crippen LogP contribution in [0.15, 0.2) is 91.6 Å². The fourth-order valence-corrected chi connectivity index (χ4v) is 8.92. The van der Waals surface area contributed by atoms with Crippen LogP contribution in [-0.2, 0) is 14.2 Å². The summed E-state index contributed by atoms with van der Waals surface area (Å²) in [6.07, 6.45) is -3.46. The molecule has 3 fully saturated rings. The molecule has 15 heteroatoms. The van der Waals surface area contributed by atoms with E-state index in [2.05, 4.69) is 19.2 Å². The summed E-state index contributed by atoms with van der Waals surface area (Å²) in [6.45, 7) is 11.1. The Balaban J connectivity index is 0.000000136. The average molecular weight is 845 g/mol. The lowest BCUT2D eigenvalue weighted by Crippen LogP contribution is -2.41. The van der Waals surface area contributed by atoms with Crippen LogP contribution in [0.25, 0.3) is 34.3 Å². The van der Waals surface area contributed by atoms with Crippen molar-refractivity contribution in [3.8, 4) is 0 Å². The summed E-state index contributed by atoms with van der Waals surface area (Å²) in [4.78, 5) is 4.41. The van der Waals surface area contributed by atoms with Gasteiger partial charge in [0.1, 0.15) is 61.0 Å². The first-order valence-electron chi connectivity index (χ1n) is 19.6. The second kappa shape index (κ2) is 18.4. The van der Waals surface area contributed by atoms with Crippen LogP contribution in [-0.4, -0.2) is 143 Å². The van der Waals surface area contributed by atoms with Gasteiger partial charge < -0.3 is 70.0 Å². The highest BCUT2D eigenvalue weighted by atomic mass is 32.1. The van der Waals surface area contributed by atoms with Crippen LogP contribution >= 0.6 is 11.3 Å². The summed E-state index contributed by atoms with van der Waals surface area (Å²) in [5.74, 6) is 0. The van der Waals surface area contributed by atoms with Crippen LogP contribution in [0.2, 0.25) is 0 Å². The molecule has 12 atom stereocenters. The lowest BCUT2D eigenvalue weighted by Gasteiger charge is -2.34. The van der Waals surface area contributed by atoms with Gasteiger partial charge in [0, 0.05) is 23.7 Å². The normalized spacial score (nSPS) is 31.8. The zero-order valence-electron chi connectivity index (χ0n) is 33.2. The van der Waals surface area contributed by atoms with Crippen molar-refractivity contribution in [1.82, 2.24) is 9.80 Å². The zero-order valence-corrected chi connectivity index (χ0v) is 34.0. The second-order valence-electron chi connectivity index (χ2n) is 15.4. The molecule has 60 heavy (non-hydrogen) atoms. The van der Waals surface area contributed by atoms with Crippen molar-refractivity contribution >= 4 is 45.7 Å². The number of hydrogen-bond donors (Lipinski definition) is 9. The summed E-state index contributed by atoms with van der Waals surface area (Å²) in [6, 6.07) is 20.0. The third-order valence-electron chi connectivity index (χ3n) is 11.5. The summed E-state index contributed by atoms with van der Waals surface area (Å²) < 4.78 is 16.7. The summed E-state index contributed by atoms with van der Waals surface area (Å²) in [5, 5.41) is 91.4. The van der Waals surface area contributed by atoms with E-state index in [0.29, 0.717) is 5.70 Å². The third-order valence-corrected chi connectivity index (χ3v) is 12.5. The maximum Gasteiger partial charge on any atom is 0.163 e. The van der Waals surface area contributed by atoms with E-state index in [1.165, 1.54) is 0 Å². The number of nitrogens with zero attached hydrogens (tertiary/aromatic N) is 2. The van der Waals surface area contributed by atoms with Gasteiger partial charge in [-0.2, -0.15) is 0 Å². The van der Waals surface area contributed by atoms with E-state index < -0.39 is 73.5 Å². The van der Waals surface area contributed by atoms with Crippen LogP contribution in [0, 0.1) is 13.8 Å². The molecule has 3 saturated heterocycles. The summed E-state index contributed by atoms with van der Waals surface area (Å²) in [7, 11) is 0. The van der Waals surface area contributed by atoms with E-state index in [1.54, 1.807) is 33.5 Å². The van der Waals surface area contributed by atoms with Crippen LogP contribution in [0.5, 0.6) is 0 Å². The molecule has 6 heterocycles. The van der Waals surface area contributed by atoms with E-state index in [-0.39, 0.29) is 19.8 Å². The molecule has 5 aliphatic heterocycles. The second-order valence-corrected chi connectivity index (χ2v) is 16.3. The van der Waals surface area contributed by atoms with Gasteiger partial charge in [0.15, 0.2) is 12.5 Å². The third kappa shape index (κ3) is 8.34. The fraction of sp³-hybridized carbons (Fsp3) is 0.378. The van der Waals surface area contributed by atoms with Crippen molar-refractivity contribution in [2.45, 2.75) is 87.3 Å². The number of aliphatic hydroxyl groups excluding tert-OH is 9. The first-order chi connectivity index (χ1) is 28.8. The maximum absolute atomic E-state index is 10.1. The Morgan fingerprint density at radius 3 is 1.70 bits per heavy atom. The topological polar surface area (TPSA) is 216 Å². The van der Waals surface area contributed by atoms with E-state index in [9.17, 15) is 30.6 Å². The molecule has 1 aromatic heterocycles. The van der Waals surface area contributed by atoms with Gasteiger partial charge in [-0.25, -0.2) is 0 Å². The molecule has 0 aliphatic carbocycles. The van der Waals surface area contributed by atoms with Crippen LogP contribution in [0.3, 0.4) is 0 Å². The van der Waals surface area contributed by atoms with Gasteiger partial charge in [-0.1, -0.05) is 67.3 Å². The van der Waals surface area contributed by atoms with E-state index in [4.69, 9.17) is 29.5 Å². The van der Waals surface area contributed by atoms with E-state index in [0.717, 1.165) is 54.7 Å². The number of thiophene rings is 1. The highest BCUT2D eigenvalue weighted by Crippen LogP contribution is 2.39. The van der Waals surface area contributed by atoms with E-state index in [1.807, 2.05) is 86.0 Å².